The van der Waals surface area contributed by atoms with Gasteiger partial charge in [0.2, 0.25) is 0 Å². The van der Waals surface area contributed by atoms with Crippen LogP contribution in [0.2, 0.25) is 0 Å². The molecule has 0 saturated heterocycles. The summed E-state index contributed by atoms with van der Waals surface area (Å²) < 4.78 is 5.59. The smallest absolute Gasteiger partial charge is 0.263 e. The first kappa shape index (κ1) is 10.3. The molecule has 17 heavy (non-hydrogen) atoms. The number of ether oxygens (including phenoxy) is 1. The Hall–Kier alpha value is -1.84. The monoisotopic (exact) mass is 228 g/mol. The third kappa shape index (κ3) is 1.37. The van der Waals surface area contributed by atoms with Gasteiger partial charge in [-0.15, -0.1) is 0 Å². The van der Waals surface area contributed by atoms with Gasteiger partial charge < -0.3 is 4.74 Å². The highest BCUT2D eigenvalue weighted by molar-refractivity contribution is 5.91. The van der Waals surface area contributed by atoms with Crippen molar-refractivity contribution in [2.24, 2.45) is 0 Å². The summed E-state index contributed by atoms with van der Waals surface area (Å²) in [5.41, 5.74) is 1.50. The van der Waals surface area contributed by atoms with Crippen LogP contribution in [0.3, 0.4) is 0 Å². The molecule has 2 aromatic carbocycles. The van der Waals surface area contributed by atoms with Crippen LogP contribution < -0.4 is 4.74 Å². The fourth-order valence-electron chi connectivity index (χ4n) is 2.13. The van der Waals surface area contributed by atoms with Crippen LogP contribution in [-0.2, 0) is 4.89 Å². The Balaban J connectivity index is 2.24. The van der Waals surface area contributed by atoms with E-state index in [1.807, 2.05) is 36.4 Å². The molecule has 3 heteroatoms. The van der Waals surface area contributed by atoms with Crippen LogP contribution in [0.15, 0.2) is 43.0 Å². The molecule has 1 aliphatic rings. The summed E-state index contributed by atoms with van der Waals surface area (Å²) in [4.78, 5) is 4.40. The lowest BCUT2D eigenvalue weighted by molar-refractivity contribution is -0.347. The quantitative estimate of drug-likeness (QED) is 0.600. The van der Waals surface area contributed by atoms with Crippen molar-refractivity contribution in [3.8, 4) is 5.75 Å². The van der Waals surface area contributed by atoms with Crippen molar-refractivity contribution in [1.82, 2.24) is 0 Å². The minimum absolute atomic E-state index is 0.626. The first-order valence-corrected chi connectivity index (χ1v) is 5.38. The van der Waals surface area contributed by atoms with Gasteiger partial charge in [0.05, 0.1) is 0 Å². The van der Waals surface area contributed by atoms with Crippen LogP contribution in [0.25, 0.3) is 16.3 Å². The fraction of sp³-hybridized carbons (Fsp3) is 0.143. The molecule has 1 N–H and O–H groups in total. The van der Waals surface area contributed by atoms with Crippen LogP contribution in [0.1, 0.15) is 12.5 Å². The Kier molecular flexibility index (Phi) is 2.02. The topological polar surface area (TPSA) is 38.7 Å². The highest BCUT2D eigenvalue weighted by atomic mass is 17.1. The molecule has 1 aliphatic heterocycles. The van der Waals surface area contributed by atoms with E-state index in [-0.39, 0.29) is 0 Å². The van der Waals surface area contributed by atoms with Gasteiger partial charge in [-0.25, -0.2) is 5.26 Å². The maximum Gasteiger partial charge on any atom is 0.263 e. The molecule has 0 bridgehead atoms. The number of hydrogen-bond donors (Lipinski definition) is 1. The standard InChI is InChI=1S/C14H12O3/c1-9-12-7-10-5-3-4-6-11(10)8-13(12)16-14(9,2)17-15/h3-8,15H,1H2,2H3. The summed E-state index contributed by atoms with van der Waals surface area (Å²) in [5.74, 6) is -0.495. The molecule has 3 rings (SSSR count). The van der Waals surface area contributed by atoms with Gasteiger partial charge in [0.1, 0.15) is 5.75 Å². The molecule has 1 atom stereocenters. The molecule has 1 heterocycles. The van der Waals surface area contributed by atoms with Crippen molar-refractivity contribution in [2.75, 3.05) is 0 Å². The zero-order valence-corrected chi connectivity index (χ0v) is 9.43. The van der Waals surface area contributed by atoms with Crippen molar-refractivity contribution in [1.29, 1.82) is 0 Å². The minimum Gasteiger partial charge on any atom is -0.455 e. The molecule has 1 unspecified atom stereocenters. The highest BCUT2D eigenvalue weighted by Crippen LogP contribution is 2.44. The second-order valence-electron chi connectivity index (χ2n) is 4.31. The van der Waals surface area contributed by atoms with Crippen LogP contribution in [0.4, 0.5) is 0 Å². The van der Waals surface area contributed by atoms with Crippen LogP contribution in [0, 0.1) is 0 Å². The Bertz CT molecular complexity index is 618. The summed E-state index contributed by atoms with van der Waals surface area (Å²) in [6, 6.07) is 11.9. The van der Waals surface area contributed by atoms with E-state index in [4.69, 9.17) is 9.99 Å². The van der Waals surface area contributed by atoms with E-state index in [2.05, 4.69) is 11.5 Å². The van der Waals surface area contributed by atoms with E-state index >= 15 is 0 Å². The Morgan fingerprint density at radius 1 is 1.24 bits per heavy atom. The molecular formula is C14H12O3. The molecule has 0 fully saturated rings. The number of hydrogen-bond acceptors (Lipinski definition) is 3. The van der Waals surface area contributed by atoms with Gasteiger partial charge in [-0.3, -0.25) is 0 Å². The fourth-order valence-corrected chi connectivity index (χ4v) is 2.13. The first-order chi connectivity index (χ1) is 8.14. The number of rotatable bonds is 1. The normalized spacial score (nSPS) is 22.6. The average molecular weight is 228 g/mol. The lowest BCUT2D eigenvalue weighted by Gasteiger charge is -2.20. The summed E-state index contributed by atoms with van der Waals surface area (Å²) in [6.45, 7) is 5.56. The maximum atomic E-state index is 8.92. The molecule has 86 valence electrons. The van der Waals surface area contributed by atoms with Gasteiger partial charge >= 0.3 is 0 Å². The Labute approximate surface area is 98.8 Å². The lowest BCUT2D eigenvalue weighted by Crippen LogP contribution is -2.31. The largest absolute Gasteiger partial charge is 0.455 e. The maximum absolute atomic E-state index is 8.92. The van der Waals surface area contributed by atoms with Gasteiger partial charge in [-0.05, 0) is 22.9 Å². The van der Waals surface area contributed by atoms with Gasteiger partial charge in [0.25, 0.3) is 5.79 Å². The summed E-state index contributed by atoms with van der Waals surface area (Å²) in [7, 11) is 0. The molecule has 3 nitrogen and oxygen atoms in total. The third-order valence-electron chi connectivity index (χ3n) is 3.20. The first-order valence-electron chi connectivity index (χ1n) is 5.38. The molecule has 0 aliphatic carbocycles. The van der Waals surface area contributed by atoms with Gasteiger partial charge in [0.15, 0.2) is 0 Å². The lowest BCUT2D eigenvalue weighted by atomic mass is 9.99. The molecule has 0 saturated carbocycles. The third-order valence-corrected chi connectivity index (χ3v) is 3.20. The van der Waals surface area contributed by atoms with Crippen molar-refractivity contribution < 1.29 is 14.9 Å². The average Bonchev–Trinajstić information content (AvgIpc) is 2.60. The second kappa shape index (κ2) is 3.32. The molecule has 2 aromatic rings. The Morgan fingerprint density at radius 2 is 1.88 bits per heavy atom. The summed E-state index contributed by atoms with van der Waals surface area (Å²) >= 11 is 0. The van der Waals surface area contributed by atoms with Crippen molar-refractivity contribution in [3.05, 3.63) is 48.5 Å². The molecular weight excluding hydrogens is 216 g/mol. The van der Waals surface area contributed by atoms with E-state index in [9.17, 15) is 0 Å². The zero-order chi connectivity index (χ0) is 12.0. The second-order valence-corrected chi connectivity index (χ2v) is 4.31. The molecule has 0 amide bonds. The summed E-state index contributed by atoms with van der Waals surface area (Å²) in [5, 5.41) is 11.1. The highest BCUT2D eigenvalue weighted by Gasteiger charge is 2.40. The van der Waals surface area contributed by atoms with Crippen LogP contribution in [0.5, 0.6) is 5.75 Å². The molecule has 0 radical (unpaired) electrons. The summed E-state index contributed by atoms with van der Waals surface area (Å²) in [6.07, 6.45) is 0. The van der Waals surface area contributed by atoms with Crippen LogP contribution in [-0.4, -0.2) is 11.0 Å². The van der Waals surface area contributed by atoms with Gasteiger partial charge in [0, 0.05) is 18.1 Å². The predicted molar refractivity (Wildman–Crippen MR) is 65.7 cm³/mol. The molecule has 0 spiro atoms. The van der Waals surface area contributed by atoms with Gasteiger partial charge in [-0.1, -0.05) is 30.8 Å². The minimum atomic E-state index is -1.18. The number of fused-ring (bicyclic) bond motifs is 2. The van der Waals surface area contributed by atoms with E-state index in [1.54, 1.807) is 6.92 Å². The van der Waals surface area contributed by atoms with Gasteiger partial charge in [-0.2, -0.15) is 4.89 Å². The van der Waals surface area contributed by atoms with Crippen LogP contribution >= 0.6 is 0 Å². The Morgan fingerprint density at radius 3 is 2.53 bits per heavy atom. The van der Waals surface area contributed by atoms with E-state index in [0.717, 1.165) is 16.3 Å². The predicted octanol–water partition coefficient (Wildman–Crippen LogP) is 3.45. The van der Waals surface area contributed by atoms with E-state index < -0.39 is 5.79 Å². The van der Waals surface area contributed by atoms with Crippen molar-refractivity contribution in [2.45, 2.75) is 12.7 Å². The molecule has 0 aromatic heterocycles. The van der Waals surface area contributed by atoms with Crippen molar-refractivity contribution in [3.63, 3.8) is 0 Å². The number of benzene rings is 2. The zero-order valence-electron chi connectivity index (χ0n) is 9.43. The van der Waals surface area contributed by atoms with Crippen molar-refractivity contribution >= 4 is 16.3 Å². The van der Waals surface area contributed by atoms with E-state index in [1.165, 1.54) is 0 Å². The SMILES string of the molecule is C=C1c2cc3ccccc3cc2OC1(C)OO. The van der Waals surface area contributed by atoms with E-state index in [0.29, 0.717) is 11.3 Å².